The predicted molar refractivity (Wildman–Crippen MR) is 172 cm³/mol. The summed E-state index contributed by atoms with van der Waals surface area (Å²) in [4.78, 5) is 15.6. The third kappa shape index (κ3) is 9.47. The van der Waals surface area contributed by atoms with Crippen LogP contribution >= 0.6 is 34.8 Å². The average Bonchev–Trinajstić information content (AvgIpc) is 3.81. The van der Waals surface area contributed by atoms with E-state index in [1.54, 1.807) is 7.11 Å². The third-order valence-corrected chi connectivity index (χ3v) is 8.59. The van der Waals surface area contributed by atoms with Crippen LogP contribution in [0.5, 0.6) is 5.75 Å². The number of aromatic nitrogens is 1. The number of hydrogen-bond acceptors (Lipinski definition) is 5. The zero-order valence-electron chi connectivity index (χ0n) is 24.8. The molecule has 1 fully saturated rings. The summed E-state index contributed by atoms with van der Waals surface area (Å²) in [5.74, 6) is 0.195. The first-order valence-corrected chi connectivity index (χ1v) is 15.9. The van der Waals surface area contributed by atoms with Gasteiger partial charge in [0.05, 0.1) is 22.6 Å². The number of rotatable bonds is 16. The fourth-order valence-corrected chi connectivity index (χ4v) is 6.08. The minimum Gasteiger partial charge on any atom is -0.618 e. The summed E-state index contributed by atoms with van der Waals surface area (Å²) in [6.45, 7) is 3.61. The summed E-state index contributed by atoms with van der Waals surface area (Å²) in [5, 5.41) is 13.8. The molecule has 1 aromatic heterocycles. The lowest BCUT2D eigenvalue weighted by Crippen LogP contribution is -2.41. The van der Waals surface area contributed by atoms with Crippen LogP contribution < -0.4 is 15.2 Å². The van der Waals surface area contributed by atoms with Gasteiger partial charge >= 0.3 is 0 Å². The first kappa shape index (κ1) is 33.3. The molecule has 10 heteroatoms. The van der Waals surface area contributed by atoms with Crippen LogP contribution in [0.15, 0.2) is 48.7 Å². The van der Waals surface area contributed by atoms with Gasteiger partial charge in [-0.15, -0.1) is 0 Å². The molecule has 7 nitrogen and oxygen atoms in total. The van der Waals surface area contributed by atoms with E-state index in [4.69, 9.17) is 50.0 Å². The molecule has 1 saturated carbocycles. The van der Waals surface area contributed by atoms with Gasteiger partial charge in [0.1, 0.15) is 5.02 Å². The molecule has 1 atom stereocenters. The van der Waals surface area contributed by atoms with Crippen LogP contribution in [0.1, 0.15) is 53.6 Å². The second kappa shape index (κ2) is 16.0. The molecule has 1 aliphatic carbocycles. The molecule has 0 aliphatic heterocycles. The molecule has 1 unspecified atom stereocenters. The number of amides is 1. The van der Waals surface area contributed by atoms with Crippen molar-refractivity contribution in [3.8, 4) is 5.75 Å². The molecule has 0 saturated heterocycles. The lowest BCUT2D eigenvalue weighted by atomic mass is 9.96. The fraction of sp³-hybridized carbons (Fsp3) is 0.455. The monoisotopic (exact) mass is 647 g/mol. The maximum atomic E-state index is 13.8. The van der Waals surface area contributed by atoms with Gasteiger partial charge in [-0.25, -0.2) is 0 Å². The quantitative estimate of drug-likeness (QED) is 0.109. The van der Waals surface area contributed by atoms with Crippen molar-refractivity contribution in [2.24, 2.45) is 11.7 Å². The van der Waals surface area contributed by atoms with E-state index in [1.807, 2.05) is 30.0 Å². The Morgan fingerprint density at radius 3 is 2.30 bits per heavy atom. The van der Waals surface area contributed by atoms with Crippen LogP contribution in [0.2, 0.25) is 15.1 Å². The molecule has 1 heterocycles. The Bertz CT molecular complexity index is 1360. The van der Waals surface area contributed by atoms with Crippen LogP contribution in [0.4, 0.5) is 0 Å². The van der Waals surface area contributed by atoms with Crippen molar-refractivity contribution in [1.82, 2.24) is 4.90 Å². The highest BCUT2D eigenvalue weighted by molar-refractivity contribution is 6.37. The first-order valence-electron chi connectivity index (χ1n) is 14.8. The van der Waals surface area contributed by atoms with Crippen LogP contribution in [0.25, 0.3) is 0 Å². The molecule has 1 aliphatic rings. The van der Waals surface area contributed by atoms with E-state index in [9.17, 15) is 10.0 Å². The van der Waals surface area contributed by atoms with Crippen LogP contribution in [0, 0.1) is 18.0 Å². The number of carbonyl (C=O) groups excluding carboxylic acids is 1. The van der Waals surface area contributed by atoms with Gasteiger partial charge in [-0.05, 0) is 74.3 Å². The van der Waals surface area contributed by atoms with E-state index in [0.717, 1.165) is 53.5 Å². The lowest BCUT2D eigenvalue weighted by Gasteiger charge is -2.27. The Morgan fingerprint density at radius 1 is 1.02 bits per heavy atom. The van der Waals surface area contributed by atoms with Gasteiger partial charge in [0.2, 0.25) is 5.91 Å². The number of ether oxygens (including phenoxy) is 2. The number of aryl methyl sites for hydroxylation is 3. The van der Waals surface area contributed by atoms with Crippen molar-refractivity contribution >= 4 is 40.7 Å². The number of halogens is 3. The number of nitrogens with two attached hydrogens (primary N) is 1. The van der Waals surface area contributed by atoms with Crippen molar-refractivity contribution < 1.29 is 19.0 Å². The molecule has 4 rings (SSSR count). The Hall–Kier alpha value is -2.55. The molecule has 0 spiro atoms. The number of benzene rings is 2. The molecular weight excluding hydrogens is 609 g/mol. The Kier molecular flexibility index (Phi) is 12.4. The highest BCUT2D eigenvalue weighted by Crippen LogP contribution is 2.34. The van der Waals surface area contributed by atoms with E-state index in [1.165, 1.54) is 11.8 Å². The largest absolute Gasteiger partial charge is 0.618 e. The van der Waals surface area contributed by atoms with Crippen molar-refractivity contribution in [2.45, 2.75) is 64.5 Å². The van der Waals surface area contributed by atoms with Gasteiger partial charge in [0.15, 0.2) is 17.6 Å². The van der Waals surface area contributed by atoms with E-state index in [2.05, 4.69) is 24.3 Å². The number of carbonyl (C=O) groups is 1. The second-order valence-electron chi connectivity index (χ2n) is 11.2. The van der Waals surface area contributed by atoms with Gasteiger partial charge < -0.3 is 25.3 Å². The zero-order valence-corrected chi connectivity index (χ0v) is 27.1. The van der Waals surface area contributed by atoms with Crippen molar-refractivity contribution in [3.63, 3.8) is 0 Å². The standard InChI is InChI=1S/C33H40Cl3N3O4/c1-22-15-29(34)32(30(35)16-22)43-14-3-5-23-7-9-24(10-8-23)17-25(19-37)33(40)38(27-11-12-27)20-26-18-28(6-4-13-42-2)39(41)21-31(26)36/h7-10,15-16,18,21,25,27H,3-6,11-14,17,19-20,37H2,1-2H3. The molecular formula is C33H40Cl3N3O4. The molecule has 3 aromatic rings. The van der Waals surface area contributed by atoms with Crippen molar-refractivity contribution in [3.05, 3.63) is 96.9 Å². The summed E-state index contributed by atoms with van der Waals surface area (Å²) >= 11 is 19.0. The topological polar surface area (TPSA) is 91.7 Å². The first-order chi connectivity index (χ1) is 20.7. The van der Waals surface area contributed by atoms with Crippen LogP contribution in [-0.2, 0) is 35.3 Å². The molecule has 0 bridgehead atoms. The van der Waals surface area contributed by atoms with Crippen molar-refractivity contribution in [2.75, 3.05) is 26.9 Å². The average molecular weight is 649 g/mol. The summed E-state index contributed by atoms with van der Waals surface area (Å²) in [7, 11) is 1.64. The summed E-state index contributed by atoms with van der Waals surface area (Å²) in [6, 6.07) is 14.0. The van der Waals surface area contributed by atoms with E-state index in [-0.39, 0.29) is 24.4 Å². The molecule has 2 N–H and O–H groups in total. The molecule has 0 radical (unpaired) electrons. The minimum absolute atomic E-state index is 0.0236. The van der Waals surface area contributed by atoms with Gasteiger partial charge in [-0.2, -0.15) is 4.73 Å². The van der Waals surface area contributed by atoms with E-state index < -0.39 is 0 Å². The maximum Gasteiger partial charge on any atom is 0.227 e. The lowest BCUT2D eigenvalue weighted by molar-refractivity contribution is -0.614. The van der Waals surface area contributed by atoms with Gasteiger partial charge in [0, 0.05) is 50.9 Å². The summed E-state index contributed by atoms with van der Waals surface area (Å²) in [5.41, 5.74) is 10.8. The Morgan fingerprint density at radius 2 is 1.67 bits per heavy atom. The Labute approximate surface area is 269 Å². The molecule has 1 amide bonds. The van der Waals surface area contributed by atoms with Crippen LogP contribution in [0.3, 0.4) is 0 Å². The summed E-state index contributed by atoms with van der Waals surface area (Å²) in [6.07, 6.45) is 6.79. The zero-order chi connectivity index (χ0) is 30.9. The molecule has 43 heavy (non-hydrogen) atoms. The number of nitrogens with zero attached hydrogens (tertiary/aromatic N) is 2. The van der Waals surface area contributed by atoms with Gasteiger partial charge in [-0.3, -0.25) is 4.79 Å². The highest BCUT2D eigenvalue weighted by atomic mass is 35.5. The van der Waals surface area contributed by atoms with Gasteiger partial charge in [0.25, 0.3) is 0 Å². The molecule has 232 valence electrons. The summed E-state index contributed by atoms with van der Waals surface area (Å²) < 4.78 is 11.8. The third-order valence-electron chi connectivity index (χ3n) is 7.69. The predicted octanol–water partition coefficient (Wildman–Crippen LogP) is 6.49. The highest BCUT2D eigenvalue weighted by Gasteiger charge is 2.36. The normalized spacial score (nSPS) is 13.6. The second-order valence-corrected chi connectivity index (χ2v) is 12.4. The van der Waals surface area contributed by atoms with Crippen molar-refractivity contribution in [1.29, 1.82) is 0 Å². The van der Waals surface area contributed by atoms with Crippen LogP contribution in [-0.4, -0.2) is 43.7 Å². The SMILES string of the molecule is COCCCc1cc(CN(C(=O)C(CN)Cc2ccc(CCCOc3c(Cl)cc(C)cc3Cl)cc2)C2CC2)c(Cl)c[n+]1[O-]. The van der Waals surface area contributed by atoms with Gasteiger partial charge in [-0.1, -0.05) is 59.1 Å². The maximum absolute atomic E-state index is 13.8. The van der Waals surface area contributed by atoms with E-state index in [0.29, 0.717) is 59.1 Å². The number of methoxy groups -OCH3 is 1. The minimum atomic E-state index is -0.350. The smallest absolute Gasteiger partial charge is 0.227 e. The fourth-order valence-electron chi connectivity index (χ4n) is 5.17. The molecule has 2 aromatic carbocycles. The van der Waals surface area contributed by atoms with E-state index >= 15 is 0 Å². The Balaban J connectivity index is 1.33. The number of hydrogen-bond donors (Lipinski definition) is 1. The number of pyridine rings is 1.